The van der Waals surface area contributed by atoms with Crippen LogP contribution in [0, 0.1) is 0 Å². The summed E-state index contributed by atoms with van der Waals surface area (Å²) in [5.41, 5.74) is 1.87. The number of amides is 1. The highest BCUT2D eigenvalue weighted by Crippen LogP contribution is 2.19. The molecule has 1 aromatic heterocycles. The maximum Gasteiger partial charge on any atom is 0.242 e. The molecule has 5 nitrogen and oxygen atoms in total. The van der Waals surface area contributed by atoms with Gasteiger partial charge in [0.05, 0.1) is 11.0 Å². The fourth-order valence-corrected chi connectivity index (χ4v) is 1.85. The summed E-state index contributed by atoms with van der Waals surface area (Å²) < 4.78 is 0. The van der Waals surface area contributed by atoms with Crippen LogP contribution in [0.25, 0.3) is 11.0 Å². The Morgan fingerprint density at radius 3 is 2.94 bits per heavy atom. The molecule has 0 saturated heterocycles. The molecule has 5 heteroatoms. The lowest BCUT2D eigenvalue weighted by Crippen LogP contribution is -2.38. The van der Waals surface area contributed by atoms with Crippen molar-refractivity contribution in [1.82, 2.24) is 15.3 Å². The monoisotopic (exact) mass is 244 g/mol. The SMILES string of the molecule is CC(Nc1nc2ccccc2[nH]1)C(=O)NC1CC1. The van der Waals surface area contributed by atoms with Gasteiger partial charge in [-0.2, -0.15) is 0 Å². The molecule has 0 radical (unpaired) electrons. The van der Waals surface area contributed by atoms with E-state index >= 15 is 0 Å². The number of para-hydroxylation sites is 2. The molecule has 1 aromatic carbocycles. The van der Waals surface area contributed by atoms with Crippen molar-refractivity contribution >= 4 is 22.9 Å². The van der Waals surface area contributed by atoms with Crippen LogP contribution in [0.15, 0.2) is 24.3 Å². The van der Waals surface area contributed by atoms with Crippen LogP contribution in [0.4, 0.5) is 5.95 Å². The molecular weight excluding hydrogens is 228 g/mol. The zero-order valence-electron chi connectivity index (χ0n) is 10.2. The summed E-state index contributed by atoms with van der Waals surface area (Å²) in [6.07, 6.45) is 2.20. The molecule has 0 aliphatic heterocycles. The van der Waals surface area contributed by atoms with Crippen molar-refractivity contribution in [1.29, 1.82) is 0 Å². The average molecular weight is 244 g/mol. The quantitative estimate of drug-likeness (QED) is 0.765. The summed E-state index contributed by atoms with van der Waals surface area (Å²) >= 11 is 0. The fourth-order valence-electron chi connectivity index (χ4n) is 1.85. The van der Waals surface area contributed by atoms with Crippen LogP contribution in [0.3, 0.4) is 0 Å². The number of aromatic amines is 1. The smallest absolute Gasteiger partial charge is 0.242 e. The van der Waals surface area contributed by atoms with E-state index in [2.05, 4.69) is 20.6 Å². The van der Waals surface area contributed by atoms with Gasteiger partial charge in [0, 0.05) is 6.04 Å². The standard InChI is InChI=1S/C13H16N4O/c1-8(12(18)15-9-6-7-9)14-13-16-10-4-2-3-5-11(10)17-13/h2-5,8-9H,6-7H2,1H3,(H,15,18)(H2,14,16,17). The predicted octanol–water partition coefficient (Wildman–Crippen LogP) is 1.64. The number of benzene rings is 1. The Labute approximate surface area is 105 Å². The van der Waals surface area contributed by atoms with Crippen molar-refractivity contribution in [2.45, 2.75) is 31.8 Å². The van der Waals surface area contributed by atoms with Gasteiger partial charge in [-0.15, -0.1) is 0 Å². The first-order valence-electron chi connectivity index (χ1n) is 6.24. The summed E-state index contributed by atoms with van der Waals surface area (Å²) in [7, 11) is 0. The number of carbonyl (C=O) groups is 1. The first-order chi connectivity index (χ1) is 8.72. The topological polar surface area (TPSA) is 69.8 Å². The van der Waals surface area contributed by atoms with E-state index in [1.807, 2.05) is 31.2 Å². The van der Waals surface area contributed by atoms with Gasteiger partial charge in [-0.05, 0) is 31.9 Å². The van der Waals surface area contributed by atoms with Gasteiger partial charge in [0.15, 0.2) is 0 Å². The number of carbonyl (C=O) groups excluding carboxylic acids is 1. The van der Waals surface area contributed by atoms with Gasteiger partial charge >= 0.3 is 0 Å². The molecule has 2 aromatic rings. The number of nitrogens with one attached hydrogen (secondary N) is 3. The molecule has 1 saturated carbocycles. The number of fused-ring (bicyclic) bond motifs is 1. The van der Waals surface area contributed by atoms with E-state index in [-0.39, 0.29) is 11.9 Å². The van der Waals surface area contributed by atoms with Crippen LogP contribution >= 0.6 is 0 Å². The molecule has 0 spiro atoms. The second-order valence-corrected chi connectivity index (χ2v) is 4.75. The minimum atomic E-state index is -0.286. The Bertz CT molecular complexity index is 540. The Kier molecular flexibility index (Phi) is 2.66. The van der Waals surface area contributed by atoms with Crippen molar-refractivity contribution in [2.24, 2.45) is 0 Å². The van der Waals surface area contributed by atoms with Gasteiger partial charge in [-0.3, -0.25) is 4.79 Å². The van der Waals surface area contributed by atoms with Gasteiger partial charge in [-0.25, -0.2) is 4.98 Å². The highest BCUT2D eigenvalue weighted by molar-refractivity contribution is 5.85. The van der Waals surface area contributed by atoms with E-state index in [4.69, 9.17) is 0 Å². The van der Waals surface area contributed by atoms with Crippen LogP contribution in [0.1, 0.15) is 19.8 Å². The lowest BCUT2D eigenvalue weighted by atomic mass is 10.3. The Hall–Kier alpha value is -2.04. The fraction of sp³-hybridized carbons (Fsp3) is 0.385. The molecule has 1 unspecified atom stereocenters. The average Bonchev–Trinajstić information content (AvgIpc) is 3.07. The molecule has 3 rings (SSSR count). The Balaban J connectivity index is 1.68. The third-order valence-corrected chi connectivity index (χ3v) is 3.06. The summed E-state index contributed by atoms with van der Waals surface area (Å²) in [6, 6.07) is 7.89. The summed E-state index contributed by atoms with van der Waals surface area (Å²) in [4.78, 5) is 19.3. The highest BCUT2D eigenvalue weighted by Gasteiger charge is 2.25. The molecule has 1 fully saturated rings. The molecule has 1 atom stereocenters. The third-order valence-electron chi connectivity index (χ3n) is 3.06. The third kappa shape index (κ3) is 2.30. The maximum atomic E-state index is 11.8. The second kappa shape index (κ2) is 4.33. The van der Waals surface area contributed by atoms with Crippen LogP contribution in [-0.2, 0) is 4.79 Å². The molecule has 0 bridgehead atoms. The van der Waals surface area contributed by atoms with E-state index in [1.54, 1.807) is 0 Å². The van der Waals surface area contributed by atoms with Crippen molar-refractivity contribution < 1.29 is 4.79 Å². The largest absolute Gasteiger partial charge is 0.352 e. The van der Waals surface area contributed by atoms with Crippen LogP contribution < -0.4 is 10.6 Å². The van der Waals surface area contributed by atoms with E-state index in [9.17, 15) is 4.79 Å². The van der Waals surface area contributed by atoms with Gasteiger partial charge in [-0.1, -0.05) is 12.1 Å². The maximum absolute atomic E-state index is 11.8. The number of aromatic nitrogens is 2. The zero-order chi connectivity index (χ0) is 12.5. The lowest BCUT2D eigenvalue weighted by molar-refractivity contribution is -0.121. The number of nitrogens with zero attached hydrogens (tertiary/aromatic N) is 1. The van der Waals surface area contributed by atoms with Gasteiger partial charge < -0.3 is 15.6 Å². The molecule has 94 valence electrons. The van der Waals surface area contributed by atoms with Gasteiger partial charge in [0.2, 0.25) is 11.9 Å². The van der Waals surface area contributed by atoms with E-state index in [0.29, 0.717) is 12.0 Å². The van der Waals surface area contributed by atoms with Crippen molar-refractivity contribution in [3.8, 4) is 0 Å². The highest BCUT2D eigenvalue weighted by atomic mass is 16.2. The number of anilines is 1. The first-order valence-corrected chi connectivity index (χ1v) is 6.24. The second-order valence-electron chi connectivity index (χ2n) is 4.75. The molecule has 1 heterocycles. The van der Waals surface area contributed by atoms with Crippen LogP contribution in [-0.4, -0.2) is 28.0 Å². The van der Waals surface area contributed by atoms with Crippen LogP contribution in [0.2, 0.25) is 0 Å². The van der Waals surface area contributed by atoms with Crippen molar-refractivity contribution in [3.05, 3.63) is 24.3 Å². The van der Waals surface area contributed by atoms with Crippen molar-refractivity contribution in [3.63, 3.8) is 0 Å². The minimum Gasteiger partial charge on any atom is -0.352 e. The number of hydrogen-bond acceptors (Lipinski definition) is 3. The molecular formula is C13H16N4O. The number of H-pyrrole nitrogens is 1. The van der Waals surface area contributed by atoms with Gasteiger partial charge in [0.1, 0.15) is 6.04 Å². The summed E-state index contributed by atoms with van der Waals surface area (Å²) in [6.45, 7) is 1.84. The molecule has 1 aliphatic rings. The minimum absolute atomic E-state index is 0.0259. The number of hydrogen-bond donors (Lipinski definition) is 3. The van der Waals surface area contributed by atoms with E-state index in [0.717, 1.165) is 23.9 Å². The number of imidazole rings is 1. The Morgan fingerprint density at radius 1 is 1.44 bits per heavy atom. The first kappa shape index (κ1) is 11.1. The molecule has 1 amide bonds. The van der Waals surface area contributed by atoms with E-state index < -0.39 is 0 Å². The summed E-state index contributed by atoms with van der Waals surface area (Å²) in [5.74, 6) is 0.660. The Morgan fingerprint density at radius 2 is 2.22 bits per heavy atom. The van der Waals surface area contributed by atoms with Crippen molar-refractivity contribution in [2.75, 3.05) is 5.32 Å². The molecule has 1 aliphatic carbocycles. The van der Waals surface area contributed by atoms with Gasteiger partial charge in [0.25, 0.3) is 0 Å². The number of rotatable bonds is 4. The molecule has 3 N–H and O–H groups in total. The van der Waals surface area contributed by atoms with E-state index in [1.165, 1.54) is 0 Å². The lowest BCUT2D eigenvalue weighted by Gasteiger charge is -2.12. The molecule has 18 heavy (non-hydrogen) atoms. The normalized spacial score (nSPS) is 16.5. The zero-order valence-corrected chi connectivity index (χ0v) is 10.2. The van der Waals surface area contributed by atoms with Crippen LogP contribution in [0.5, 0.6) is 0 Å². The summed E-state index contributed by atoms with van der Waals surface area (Å²) in [5, 5.41) is 6.05. The predicted molar refractivity (Wildman–Crippen MR) is 70.3 cm³/mol.